The predicted octanol–water partition coefficient (Wildman–Crippen LogP) is 3.66. The normalized spacial score (nSPS) is 26.1. The van der Waals surface area contributed by atoms with Crippen LogP contribution in [0.3, 0.4) is 0 Å². The van der Waals surface area contributed by atoms with Gasteiger partial charge >= 0.3 is 0 Å². The van der Waals surface area contributed by atoms with Gasteiger partial charge in [0.1, 0.15) is 18.3 Å². The van der Waals surface area contributed by atoms with Crippen LogP contribution in [0.4, 0.5) is 10.2 Å². The van der Waals surface area contributed by atoms with Gasteiger partial charge in [0.2, 0.25) is 5.75 Å². The smallest absolute Gasteiger partial charge is 0.262 e. The molecule has 2 unspecified atom stereocenters. The monoisotopic (exact) mass is 511 g/mol. The van der Waals surface area contributed by atoms with Gasteiger partial charge in [0.25, 0.3) is 5.88 Å². The van der Waals surface area contributed by atoms with Crippen molar-refractivity contribution in [1.29, 1.82) is 0 Å². The highest BCUT2D eigenvalue weighted by atomic mass is 32.2. The molecule has 4 rings (SSSR count). The number of sulfone groups is 1. The maximum Gasteiger partial charge on any atom is 0.262 e. The molecule has 1 heterocycles. The topological polar surface area (TPSA) is 120 Å². The van der Waals surface area contributed by atoms with Gasteiger partial charge in [-0.3, -0.25) is 0 Å². The van der Waals surface area contributed by atoms with Crippen molar-refractivity contribution < 1.29 is 32.1 Å². The Morgan fingerprint density at radius 3 is 2.46 bits per heavy atom. The lowest BCUT2D eigenvalue weighted by molar-refractivity contribution is -0.165. The summed E-state index contributed by atoms with van der Waals surface area (Å²) in [5, 5.41) is 12.8. The second kappa shape index (κ2) is 10.8. The van der Waals surface area contributed by atoms with E-state index in [9.17, 15) is 17.9 Å². The van der Waals surface area contributed by atoms with Crippen molar-refractivity contribution in [2.75, 3.05) is 12.4 Å². The van der Waals surface area contributed by atoms with Crippen LogP contribution in [0, 0.1) is 5.92 Å². The Bertz CT molecular complexity index is 1070. The van der Waals surface area contributed by atoms with E-state index in [-0.39, 0.29) is 52.1 Å². The average Bonchev–Trinajstić information content (AvgIpc) is 3.67. The predicted molar refractivity (Wildman–Crippen MR) is 128 cm³/mol. The van der Waals surface area contributed by atoms with Gasteiger partial charge in [-0.15, -0.1) is 0 Å². The van der Waals surface area contributed by atoms with E-state index in [1.54, 1.807) is 6.08 Å². The lowest BCUT2D eigenvalue weighted by atomic mass is 9.87. The van der Waals surface area contributed by atoms with E-state index in [1.807, 2.05) is 13.8 Å². The highest BCUT2D eigenvalue weighted by Crippen LogP contribution is 2.39. The summed E-state index contributed by atoms with van der Waals surface area (Å²) < 4.78 is 56.8. The quantitative estimate of drug-likeness (QED) is 0.453. The zero-order valence-corrected chi connectivity index (χ0v) is 21.1. The molecular formula is C24H34FN3O6S. The number of hydrogen-bond acceptors (Lipinski definition) is 9. The molecule has 194 valence electrons. The Hall–Kier alpha value is -2.24. The van der Waals surface area contributed by atoms with Crippen molar-refractivity contribution >= 4 is 15.7 Å². The van der Waals surface area contributed by atoms with Gasteiger partial charge < -0.3 is 24.6 Å². The number of nitrogens with one attached hydrogen (secondary N) is 1. The standard InChI is InChI=1S/C24H34FN3O6S/c1-14(2)33-24(29)15-4-6-16(7-5-15)34-23-21(32-3)22(26-13-27-23)28-20-11-10-18(12-19(20)25)35(30,31)17-8-9-17/h10,12-17,20,24,29H,4-9,11H2,1-3H3,(H,26,27,28). The molecule has 2 N–H and O–H groups in total. The molecule has 0 aliphatic heterocycles. The first-order valence-corrected chi connectivity index (χ1v) is 13.7. The number of anilines is 1. The summed E-state index contributed by atoms with van der Waals surface area (Å²) >= 11 is 0. The summed E-state index contributed by atoms with van der Waals surface area (Å²) in [6.07, 6.45) is 7.41. The van der Waals surface area contributed by atoms with Crippen LogP contribution in [-0.4, -0.2) is 60.4 Å². The van der Waals surface area contributed by atoms with Crippen LogP contribution in [-0.2, 0) is 14.6 Å². The minimum Gasteiger partial charge on any atom is -0.489 e. The zero-order valence-electron chi connectivity index (χ0n) is 20.3. The molecule has 0 spiro atoms. The molecule has 1 aromatic rings. The molecule has 0 aromatic carbocycles. The molecule has 3 aliphatic rings. The molecule has 2 atom stereocenters. The fourth-order valence-electron chi connectivity index (χ4n) is 4.47. The van der Waals surface area contributed by atoms with E-state index in [0.29, 0.717) is 12.8 Å². The Morgan fingerprint density at radius 2 is 1.86 bits per heavy atom. The first-order chi connectivity index (χ1) is 16.7. The largest absolute Gasteiger partial charge is 0.489 e. The summed E-state index contributed by atoms with van der Waals surface area (Å²) in [4.78, 5) is 8.45. The molecular weight excluding hydrogens is 477 g/mol. The Kier molecular flexibility index (Phi) is 7.97. The summed E-state index contributed by atoms with van der Waals surface area (Å²) in [6.45, 7) is 3.79. The third-order valence-electron chi connectivity index (χ3n) is 6.56. The number of methoxy groups -OCH3 is 1. The van der Waals surface area contributed by atoms with Gasteiger partial charge in [-0.1, -0.05) is 6.08 Å². The number of aliphatic hydroxyl groups excluding tert-OH is 1. The molecule has 35 heavy (non-hydrogen) atoms. The van der Waals surface area contributed by atoms with Crippen LogP contribution in [0.2, 0.25) is 0 Å². The van der Waals surface area contributed by atoms with Crippen LogP contribution in [0.1, 0.15) is 58.8 Å². The van der Waals surface area contributed by atoms with Crippen LogP contribution in [0.25, 0.3) is 0 Å². The van der Waals surface area contributed by atoms with Gasteiger partial charge in [0, 0.05) is 5.92 Å². The molecule has 0 amide bonds. The van der Waals surface area contributed by atoms with Gasteiger partial charge in [-0.05, 0) is 64.9 Å². The van der Waals surface area contributed by atoms with Gasteiger partial charge in [0.05, 0.1) is 29.4 Å². The van der Waals surface area contributed by atoms with Gasteiger partial charge in [-0.25, -0.2) is 17.8 Å². The minimum atomic E-state index is -3.45. The van der Waals surface area contributed by atoms with Gasteiger partial charge in [0.15, 0.2) is 21.9 Å². The van der Waals surface area contributed by atoms with E-state index in [4.69, 9.17) is 14.2 Å². The molecule has 9 nitrogen and oxygen atoms in total. The van der Waals surface area contributed by atoms with Gasteiger partial charge in [-0.2, -0.15) is 4.98 Å². The third kappa shape index (κ3) is 6.13. The molecule has 0 radical (unpaired) electrons. The summed E-state index contributed by atoms with van der Waals surface area (Å²) in [6, 6.07) is -0.775. The van der Waals surface area contributed by atoms with E-state index in [1.165, 1.54) is 13.4 Å². The van der Waals surface area contributed by atoms with Crippen LogP contribution in [0.15, 0.2) is 29.2 Å². The first kappa shape index (κ1) is 25.8. The van der Waals surface area contributed by atoms with Crippen molar-refractivity contribution in [3.05, 3.63) is 29.2 Å². The number of ether oxygens (including phenoxy) is 3. The number of hydrogen-bond donors (Lipinski definition) is 2. The van der Waals surface area contributed by atoms with E-state index < -0.39 is 28.0 Å². The molecule has 0 saturated heterocycles. The maximum atomic E-state index is 14.8. The van der Waals surface area contributed by atoms with Crippen molar-refractivity contribution in [3.8, 4) is 11.6 Å². The zero-order chi connectivity index (χ0) is 25.2. The van der Waals surface area contributed by atoms with Crippen molar-refractivity contribution in [1.82, 2.24) is 9.97 Å². The fourth-order valence-corrected chi connectivity index (χ4v) is 6.22. The number of halogens is 1. The van der Waals surface area contributed by atoms with Crippen LogP contribution >= 0.6 is 0 Å². The molecule has 2 fully saturated rings. The lowest BCUT2D eigenvalue weighted by Crippen LogP contribution is -2.33. The number of nitrogens with zero attached hydrogens (tertiary/aromatic N) is 2. The average molecular weight is 512 g/mol. The maximum absolute atomic E-state index is 14.8. The van der Waals surface area contributed by atoms with Crippen molar-refractivity contribution in [2.45, 2.75) is 88.6 Å². The third-order valence-corrected chi connectivity index (χ3v) is 8.85. The molecule has 3 aliphatic carbocycles. The number of aliphatic hydroxyl groups is 1. The highest BCUT2D eigenvalue weighted by molar-refractivity contribution is 7.96. The second-order valence-electron chi connectivity index (χ2n) is 9.60. The molecule has 1 aromatic heterocycles. The van der Waals surface area contributed by atoms with E-state index >= 15 is 0 Å². The van der Waals surface area contributed by atoms with Crippen LogP contribution in [0.5, 0.6) is 11.6 Å². The van der Waals surface area contributed by atoms with Crippen molar-refractivity contribution in [3.63, 3.8) is 0 Å². The first-order valence-electron chi connectivity index (χ1n) is 12.2. The summed E-state index contributed by atoms with van der Waals surface area (Å²) in [7, 11) is -1.99. The molecule has 0 bridgehead atoms. The summed E-state index contributed by atoms with van der Waals surface area (Å²) in [5.41, 5.74) is 0. The Balaban J connectivity index is 1.39. The highest BCUT2D eigenvalue weighted by Gasteiger charge is 2.39. The second-order valence-corrected chi connectivity index (χ2v) is 11.8. The number of rotatable bonds is 10. The van der Waals surface area contributed by atoms with E-state index in [2.05, 4.69) is 15.3 Å². The van der Waals surface area contributed by atoms with E-state index in [0.717, 1.165) is 31.8 Å². The SMILES string of the molecule is COc1c(NC2CC=C(S(=O)(=O)C3CC3)C=C2F)ncnc1OC1CCC(C(O)OC(C)C)CC1. The van der Waals surface area contributed by atoms with Crippen LogP contribution < -0.4 is 14.8 Å². The Labute approximate surface area is 205 Å². The number of allylic oxidation sites excluding steroid dienone is 1. The van der Waals surface area contributed by atoms with Crippen molar-refractivity contribution in [2.24, 2.45) is 5.92 Å². The summed E-state index contributed by atoms with van der Waals surface area (Å²) in [5.74, 6) is 0.258. The lowest BCUT2D eigenvalue weighted by Gasteiger charge is -2.32. The molecule has 2 saturated carbocycles. The minimum absolute atomic E-state index is 0.0382. The number of aromatic nitrogens is 2. The molecule has 11 heteroatoms. The fraction of sp³-hybridized carbons (Fsp3) is 0.667. The Morgan fingerprint density at radius 1 is 1.14 bits per heavy atom.